The molecule has 0 bridgehead atoms. The summed E-state index contributed by atoms with van der Waals surface area (Å²) < 4.78 is 0. The number of hydrogen-bond acceptors (Lipinski definition) is 3. The van der Waals surface area contributed by atoms with Crippen LogP contribution in [-0.2, 0) is 0 Å². The molecule has 0 unspecified atom stereocenters. The molecule has 1 fully saturated rings. The fourth-order valence-electron chi connectivity index (χ4n) is 3.04. The normalized spacial score (nSPS) is 22.2. The molecule has 0 radical (unpaired) electrons. The van der Waals surface area contributed by atoms with Crippen LogP contribution in [0.5, 0.6) is 0 Å². The number of rotatable bonds is 2. The summed E-state index contributed by atoms with van der Waals surface area (Å²) >= 11 is 11.8. The average Bonchev–Trinajstić information content (AvgIpc) is 2.60. The van der Waals surface area contributed by atoms with E-state index in [1.807, 2.05) is 12.1 Å². The maximum atomic E-state index is 12.3. The van der Waals surface area contributed by atoms with E-state index >= 15 is 0 Å². The third kappa shape index (κ3) is 4.98. The molecule has 1 aliphatic rings. The molecule has 1 heterocycles. The van der Waals surface area contributed by atoms with Crippen molar-refractivity contribution in [3.05, 3.63) is 63.9 Å². The van der Waals surface area contributed by atoms with Gasteiger partial charge in [-0.1, -0.05) is 47.2 Å². The number of carbonyl (C=O) groups is 1. The number of benzene rings is 1. The Bertz CT molecular complexity index is 875. The van der Waals surface area contributed by atoms with Gasteiger partial charge < -0.3 is 10.4 Å². The molecule has 1 amide bonds. The summed E-state index contributed by atoms with van der Waals surface area (Å²) in [5.41, 5.74) is -0.128. The SMILES string of the molecule is O=C(N[C@H]1CCC[C@@](O)(C#Cc2cccc(Cl)c2)C1)c1cccc(Cl)n1. The summed E-state index contributed by atoms with van der Waals surface area (Å²) in [4.78, 5) is 16.3. The molecular formula is C20H18Cl2N2O2. The third-order valence-corrected chi connectivity index (χ3v) is 4.72. The van der Waals surface area contributed by atoms with Crippen molar-refractivity contribution in [3.8, 4) is 11.8 Å². The van der Waals surface area contributed by atoms with E-state index in [0.717, 1.165) is 18.4 Å². The zero-order valence-corrected chi connectivity index (χ0v) is 15.5. The van der Waals surface area contributed by atoms with Gasteiger partial charge in [0.25, 0.3) is 5.91 Å². The van der Waals surface area contributed by atoms with Crippen LogP contribution < -0.4 is 5.32 Å². The van der Waals surface area contributed by atoms with E-state index in [1.165, 1.54) is 0 Å². The second kappa shape index (κ2) is 8.09. The zero-order valence-electron chi connectivity index (χ0n) is 14.0. The molecule has 3 rings (SSSR count). The van der Waals surface area contributed by atoms with Crippen molar-refractivity contribution < 1.29 is 9.90 Å². The van der Waals surface area contributed by atoms with Crippen LogP contribution in [0.2, 0.25) is 10.2 Å². The van der Waals surface area contributed by atoms with Crippen LogP contribution in [0.3, 0.4) is 0 Å². The molecule has 1 saturated carbocycles. The lowest BCUT2D eigenvalue weighted by Gasteiger charge is -2.33. The summed E-state index contributed by atoms with van der Waals surface area (Å²) in [6, 6.07) is 11.9. The van der Waals surface area contributed by atoms with Gasteiger partial charge in [0.1, 0.15) is 16.4 Å². The summed E-state index contributed by atoms with van der Waals surface area (Å²) in [6.45, 7) is 0. The standard InChI is InChI=1S/C20H18Cl2N2O2/c21-15-5-1-4-14(12-15)9-11-20(26)10-3-6-16(13-20)23-19(25)17-7-2-8-18(22)24-17/h1-2,4-5,7-8,12,16,26H,3,6,10,13H2,(H,23,25)/t16-,20+/m0/s1. The molecule has 1 aromatic carbocycles. The number of amides is 1. The molecule has 4 nitrogen and oxygen atoms in total. The van der Waals surface area contributed by atoms with Crippen molar-refractivity contribution in [2.45, 2.75) is 37.3 Å². The number of halogens is 2. The number of hydrogen-bond donors (Lipinski definition) is 2. The summed E-state index contributed by atoms with van der Waals surface area (Å²) in [6.07, 6.45) is 2.50. The Hall–Kier alpha value is -2.06. The van der Waals surface area contributed by atoms with Gasteiger partial charge in [-0.3, -0.25) is 4.79 Å². The molecular weight excluding hydrogens is 371 g/mol. The maximum absolute atomic E-state index is 12.3. The fraction of sp³-hybridized carbons (Fsp3) is 0.300. The van der Waals surface area contributed by atoms with E-state index in [0.29, 0.717) is 17.9 Å². The highest BCUT2D eigenvalue weighted by Gasteiger charge is 2.33. The van der Waals surface area contributed by atoms with Crippen LogP contribution in [0.4, 0.5) is 0 Å². The number of nitrogens with zero attached hydrogens (tertiary/aromatic N) is 1. The summed E-state index contributed by atoms with van der Waals surface area (Å²) in [7, 11) is 0. The fourth-order valence-corrected chi connectivity index (χ4v) is 3.39. The molecule has 26 heavy (non-hydrogen) atoms. The van der Waals surface area contributed by atoms with Gasteiger partial charge in [0.05, 0.1) is 0 Å². The first-order chi connectivity index (χ1) is 12.4. The molecule has 2 aromatic rings. The van der Waals surface area contributed by atoms with E-state index < -0.39 is 5.60 Å². The first kappa shape index (κ1) is 18.7. The van der Waals surface area contributed by atoms with Crippen molar-refractivity contribution in [2.24, 2.45) is 0 Å². The molecule has 6 heteroatoms. The van der Waals surface area contributed by atoms with Gasteiger partial charge in [-0.25, -0.2) is 4.98 Å². The summed E-state index contributed by atoms with van der Waals surface area (Å²) in [5, 5.41) is 14.6. The van der Waals surface area contributed by atoms with Gasteiger partial charge in [0.2, 0.25) is 0 Å². The molecule has 2 N–H and O–H groups in total. The first-order valence-corrected chi connectivity index (χ1v) is 9.14. The Morgan fingerprint density at radius 1 is 1.27 bits per heavy atom. The number of pyridine rings is 1. The van der Waals surface area contributed by atoms with Gasteiger partial charge >= 0.3 is 0 Å². The van der Waals surface area contributed by atoms with Crippen molar-refractivity contribution in [2.75, 3.05) is 0 Å². The van der Waals surface area contributed by atoms with Crippen LogP contribution in [0, 0.1) is 11.8 Å². The first-order valence-electron chi connectivity index (χ1n) is 8.38. The lowest BCUT2D eigenvalue weighted by Crippen LogP contribution is -2.45. The van der Waals surface area contributed by atoms with Crippen LogP contribution >= 0.6 is 23.2 Å². The Morgan fingerprint density at radius 2 is 2.08 bits per heavy atom. The maximum Gasteiger partial charge on any atom is 0.270 e. The predicted molar refractivity (Wildman–Crippen MR) is 102 cm³/mol. The highest BCUT2D eigenvalue weighted by Crippen LogP contribution is 2.28. The van der Waals surface area contributed by atoms with E-state index in [9.17, 15) is 9.90 Å². The second-order valence-corrected chi connectivity index (χ2v) is 7.23. The van der Waals surface area contributed by atoms with Crippen LogP contribution in [0.25, 0.3) is 0 Å². The number of carbonyl (C=O) groups excluding carboxylic acids is 1. The largest absolute Gasteiger partial charge is 0.378 e. The molecule has 2 atom stereocenters. The predicted octanol–water partition coefficient (Wildman–Crippen LogP) is 3.84. The van der Waals surface area contributed by atoms with Crippen LogP contribution in [0.1, 0.15) is 41.7 Å². The second-order valence-electron chi connectivity index (χ2n) is 6.40. The monoisotopic (exact) mass is 388 g/mol. The third-order valence-electron chi connectivity index (χ3n) is 4.27. The highest BCUT2D eigenvalue weighted by atomic mass is 35.5. The molecule has 0 aliphatic heterocycles. The Morgan fingerprint density at radius 3 is 2.85 bits per heavy atom. The van der Waals surface area contributed by atoms with Crippen LogP contribution in [0.15, 0.2) is 42.5 Å². The molecule has 0 spiro atoms. The topological polar surface area (TPSA) is 62.2 Å². The zero-order chi connectivity index (χ0) is 18.6. The van der Waals surface area contributed by atoms with Crippen molar-refractivity contribution in [1.29, 1.82) is 0 Å². The Labute approximate surface area is 162 Å². The smallest absolute Gasteiger partial charge is 0.270 e. The molecule has 0 saturated heterocycles. The van der Waals surface area contributed by atoms with Gasteiger partial charge in [-0.05, 0) is 49.6 Å². The quantitative estimate of drug-likeness (QED) is 0.606. The minimum absolute atomic E-state index is 0.171. The van der Waals surface area contributed by atoms with E-state index in [4.69, 9.17) is 23.2 Å². The highest BCUT2D eigenvalue weighted by molar-refractivity contribution is 6.30. The van der Waals surface area contributed by atoms with Gasteiger partial charge in [-0.2, -0.15) is 0 Å². The number of aromatic nitrogens is 1. The van der Waals surface area contributed by atoms with Crippen molar-refractivity contribution >= 4 is 29.1 Å². The number of aliphatic hydroxyl groups is 1. The lowest BCUT2D eigenvalue weighted by molar-refractivity contribution is 0.0451. The molecule has 134 valence electrons. The van der Waals surface area contributed by atoms with E-state index in [1.54, 1.807) is 30.3 Å². The molecule has 1 aromatic heterocycles. The van der Waals surface area contributed by atoms with Crippen molar-refractivity contribution in [1.82, 2.24) is 10.3 Å². The van der Waals surface area contributed by atoms with E-state index in [-0.39, 0.29) is 22.8 Å². The minimum atomic E-state index is -1.14. The Balaban J connectivity index is 1.68. The Kier molecular flexibility index (Phi) is 5.83. The molecule has 1 aliphatic carbocycles. The summed E-state index contributed by atoms with van der Waals surface area (Å²) in [5.74, 6) is 5.63. The van der Waals surface area contributed by atoms with E-state index in [2.05, 4.69) is 22.1 Å². The van der Waals surface area contributed by atoms with Gasteiger partial charge in [-0.15, -0.1) is 0 Å². The van der Waals surface area contributed by atoms with Crippen LogP contribution in [-0.4, -0.2) is 27.6 Å². The van der Waals surface area contributed by atoms with Crippen molar-refractivity contribution in [3.63, 3.8) is 0 Å². The van der Waals surface area contributed by atoms with Gasteiger partial charge in [0, 0.05) is 23.0 Å². The van der Waals surface area contributed by atoms with Gasteiger partial charge in [0.15, 0.2) is 0 Å². The minimum Gasteiger partial charge on any atom is -0.378 e. The average molecular weight is 389 g/mol. The number of nitrogens with one attached hydrogen (secondary N) is 1. The lowest BCUT2D eigenvalue weighted by atomic mass is 9.82.